The van der Waals surface area contributed by atoms with Crippen molar-refractivity contribution in [1.29, 1.82) is 0 Å². The van der Waals surface area contributed by atoms with Crippen LogP contribution >= 0.6 is 0 Å². The first kappa shape index (κ1) is 9.98. The molecule has 1 atom stereocenters. The van der Waals surface area contributed by atoms with E-state index in [1.54, 1.807) is 0 Å². The van der Waals surface area contributed by atoms with Gasteiger partial charge in [-0.2, -0.15) is 0 Å². The highest BCUT2D eigenvalue weighted by Gasteiger charge is 2.23. The molecule has 1 unspecified atom stereocenters. The first-order chi connectivity index (χ1) is 7.27. The Kier molecular flexibility index (Phi) is 2.87. The molecule has 2 N–H and O–H groups in total. The van der Waals surface area contributed by atoms with Crippen molar-refractivity contribution in [2.75, 3.05) is 19.6 Å². The SMILES string of the molecule is O=C(O)N1CCNC(c2ccccc2)C1. The topological polar surface area (TPSA) is 52.6 Å². The Morgan fingerprint density at radius 3 is 2.80 bits per heavy atom. The smallest absolute Gasteiger partial charge is 0.407 e. The van der Waals surface area contributed by atoms with Crippen molar-refractivity contribution in [3.05, 3.63) is 35.9 Å². The van der Waals surface area contributed by atoms with Crippen LogP contribution in [-0.2, 0) is 0 Å². The maximum absolute atomic E-state index is 10.8. The largest absolute Gasteiger partial charge is 0.465 e. The van der Waals surface area contributed by atoms with Crippen molar-refractivity contribution in [1.82, 2.24) is 10.2 Å². The van der Waals surface area contributed by atoms with E-state index in [-0.39, 0.29) is 6.04 Å². The van der Waals surface area contributed by atoms with Gasteiger partial charge in [-0.05, 0) is 5.56 Å². The van der Waals surface area contributed by atoms with E-state index in [1.165, 1.54) is 4.90 Å². The number of nitrogens with one attached hydrogen (secondary N) is 1. The van der Waals surface area contributed by atoms with Gasteiger partial charge in [0.05, 0.1) is 6.04 Å². The molecule has 4 nitrogen and oxygen atoms in total. The normalized spacial score (nSPS) is 21.3. The Balaban J connectivity index is 2.08. The average molecular weight is 206 g/mol. The lowest BCUT2D eigenvalue weighted by molar-refractivity contribution is 0.129. The van der Waals surface area contributed by atoms with Crippen molar-refractivity contribution in [3.63, 3.8) is 0 Å². The molecule has 2 rings (SSSR count). The van der Waals surface area contributed by atoms with Crippen LogP contribution in [0.15, 0.2) is 30.3 Å². The number of benzene rings is 1. The van der Waals surface area contributed by atoms with Gasteiger partial charge in [0.2, 0.25) is 0 Å². The van der Waals surface area contributed by atoms with Gasteiger partial charge in [0.25, 0.3) is 0 Å². The van der Waals surface area contributed by atoms with Crippen molar-refractivity contribution in [2.24, 2.45) is 0 Å². The predicted molar refractivity (Wildman–Crippen MR) is 56.8 cm³/mol. The molecule has 80 valence electrons. The Hall–Kier alpha value is -1.55. The van der Waals surface area contributed by atoms with Gasteiger partial charge in [-0.15, -0.1) is 0 Å². The molecule has 0 aliphatic carbocycles. The van der Waals surface area contributed by atoms with Crippen LogP contribution in [0.25, 0.3) is 0 Å². The van der Waals surface area contributed by atoms with Gasteiger partial charge < -0.3 is 15.3 Å². The molecule has 1 saturated heterocycles. The summed E-state index contributed by atoms with van der Waals surface area (Å²) in [5.41, 5.74) is 1.14. The summed E-state index contributed by atoms with van der Waals surface area (Å²) in [7, 11) is 0. The summed E-state index contributed by atoms with van der Waals surface area (Å²) in [5.74, 6) is 0. The Bertz CT molecular complexity index is 340. The summed E-state index contributed by atoms with van der Waals surface area (Å²) < 4.78 is 0. The van der Waals surface area contributed by atoms with Crippen LogP contribution < -0.4 is 5.32 Å². The van der Waals surface area contributed by atoms with E-state index in [0.717, 1.165) is 5.56 Å². The molecule has 1 fully saturated rings. The second-order valence-electron chi connectivity index (χ2n) is 3.65. The zero-order chi connectivity index (χ0) is 10.7. The number of hydrogen-bond donors (Lipinski definition) is 2. The number of amides is 1. The Labute approximate surface area is 88.5 Å². The molecule has 1 aromatic carbocycles. The highest BCUT2D eigenvalue weighted by Crippen LogP contribution is 2.16. The van der Waals surface area contributed by atoms with Gasteiger partial charge >= 0.3 is 6.09 Å². The molecule has 0 saturated carbocycles. The van der Waals surface area contributed by atoms with Crippen LogP contribution in [0.5, 0.6) is 0 Å². The molecule has 0 spiro atoms. The third kappa shape index (κ3) is 2.27. The molecule has 15 heavy (non-hydrogen) atoms. The molecule has 0 radical (unpaired) electrons. The van der Waals surface area contributed by atoms with E-state index >= 15 is 0 Å². The number of piperazine rings is 1. The quantitative estimate of drug-likeness (QED) is 0.728. The van der Waals surface area contributed by atoms with Crippen molar-refractivity contribution in [3.8, 4) is 0 Å². The molecular formula is C11H14N2O2. The van der Waals surface area contributed by atoms with Gasteiger partial charge in [0.15, 0.2) is 0 Å². The van der Waals surface area contributed by atoms with Crippen LogP contribution in [0.2, 0.25) is 0 Å². The highest BCUT2D eigenvalue weighted by molar-refractivity contribution is 5.65. The molecule has 0 aromatic heterocycles. The molecule has 1 amide bonds. The van der Waals surface area contributed by atoms with Crippen LogP contribution in [0.4, 0.5) is 4.79 Å². The number of carboxylic acid groups (broad SMARTS) is 1. The van der Waals surface area contributed by atoms with E-state index in [9.17, 15) is 4.79 Å². The minimum Gasteiger partial charge on any atom is -0.465 e. The standard InChI is InChI=1S/C11H14N2O2/c14-11(15)13-7-6-12-10(8-13)9-4-2-1-3-5-9/h1-5,10,12H,6-8H2,(H,14,15). The summed E-state index contributed by atoms with van der Waals surface area (Å²) in [5, 5.41) is 12.2. The first-order valence-corrected chi connectivity index (χ1v) is 5.03. The van der Waals surface area contributed by atoms with E-state index in [1.807, 2.05) is 30.3 Å². The second-order valence-corrected chi connectivity index (χ2v) is 3.65. The van der Waals surface area contributed by atoms with E-state index in [4.69, 9.17) is 5.11 Å². The van der Waals surface area contributed by atoms with E-state index < -0.39 is 6.09 Å². The highest BCUT2D eigenvalue weighted by atomic mass is 16.4. The number of nitrogens with zero attached hydrogens (tertiary/aromatic N) is 1. The molecule has 1 aromatic rings. The van der Waals surface area contributed by atoms with Gasteiger partial charge in [0.1, 0.15) is 0 Å². The summed E-state index contributed by atoms with van der Waals surface area (Å²) in [6.45, 7) is 1.81. The lowest BCUT2D eigenvalue weighted by Gasteiger charge is -2.32. The number of rotatable bonds is 1. The van der Waals surface area contributed by atoms with Gasteiger partial charge in [-0.25, -0.2) is 4.79 Å². The fourth-order valence-corrected chi connectivity index (χ4v) is 1.83. The Morgan fingerprint density at radius 2 is 2.13 bits per heavy atom. The summed E-state index contributed by atoms with van der Waals surface area (Å²) in [6, 6.07) is 10.1. The van der Waals surface area contributed by atoms with E-state index in [0.29, 0.717) is 19.6 Å². The molecule has 1 aliphatic rings. The average Bonchev–Trinajstić information content (AvgIpc) is 2.30. The maximum Gasteiger partial charge on any atom is 0.407 e. The predicted octanol–water partition coefficient (Wildman–Crippen LogP) is 1.31. The minimum atomic E-state index is -0.836. The van der Waals surface area contributed by atoms with E-state index in [2.05, 4.69) is 5.32 Å². The summed E-state index contributed by atoms with van der Waals surface area (Å²) in [6.07, 6.45) is -0.836. The van der Waals surface area contributed by atoms with Gasteiger partial charge in [0, 0.05) is 19.6 Å². The Morgan fingerprint density at radius 1 is 1.40 bits per heavy atom. The zero-order valence-corrected chi connectivity index (χ0v) is 8.39. The number of hydrogen-bond acceptors (Lipinski definition) is 2. The van der Waals surface area contributed by atoms with Crippen LogP contribution in [-0.4, -0.2) is 35.7 Å². The van der Waals surface area contributed by atoms with Crippen molar-refractivity contribution >= 4 is 6.09 Å². The fourth-order valence-electron chi connectivity index (χ4n) is 1.83. The van der Waals surface area contributed by atoms with Crippen LogP contribution in [0.3, 0.4) is 0 Å². The molecular weight excluding hydrogens is 192 g/mol. The first-order valence-electron chi connectivity index (χ1n) is 5.03. The molecule has 0 bridgehead atoms. The third-order valence-electron chi connectivity index (χ3n) is 2.65. The number of carbonyl (C=O) groups is 1. The lowest BCUT2D eigenvalue weighted by Crippen LogP contribution is -2.47. The lowest BCUT2D eigenvalue weighted by atomic mass is 10.1. The van der Waals surface area contributed by atoms with Crippen LogP contribution in [0.1, 0.15) is 11.6 Å². The fraction of sp³-hybridized carbons (Fsp3) is 0.364. The van der Waals surface area contributed by atoms with Crippen molar-refractivity contribution < 1.29 is 9.90 Å². The van der Waals surface area contributed by atoms with Crippen molar-refractivity contribution in [2.45, 2.75) is 6.04 Å². The molecule has 4 heteroatoms. The van der Waals surface area contributed by atoms with Gasteiger partial charge in [-0.1, -0.05) is 30.3 Å². The zero-order valence-electron chi connectivity index (χ0n) is 8.39. The minimum absolute atomic E-state index is 0.121. The third-order valence-corrected chi connectivity index (χ3v) is 2.65. The monoisotopic (exact) mass is 206 g/mol. The summed E-state index contributed by atoms with van der Waals surface area (Å²) >= 11 is 0. The van der Waals surface area contributed by atoms with Crippen LogP contribution in [0, 0.1) is 0 Å². The maximum atomic E-state index is 10.8. The molecule has 1 heterocycles. The second kappa shape index (κ2) is 4.31. The molecule has 1 aliphatic heterocycles. The van der Waals surface area contributed by atoms with Gasteiger partial charge in [-0.3, -0.25) is 0 Å². The summed E-state index contributed by atoms with van der Waals surface area (Å²) in [4.78, 5) is 12.3.